The van der Waals surface area contributed by atoms with Gasteiger partial charge in [0.1, 0.15) is 11.4 Å². The van der Waals surface area contributed by atoms with Gasteiger partial charge in [-0.15, -0.1) is 11.3 Å². The Balaban J connectivity index is 1.48. The fourth-order valence-electron chi connectivity index (χ4n) is 2.88. The van der Waals surface area contributed by atoms with Crippen LogP contribution in [0.25, 0.3) is 9.53 Å². The van der Waals surface area contributed by atoms with Crippen LogP contribution in [0, 0.1) is 0 Å². The van der Waals surface area contributed by atoms with E-state index >= 15 is 0 Å². The SMILES string of the molecule is CCN(CC)c1nc2sc(C(=O)Nc3ncccc3OCc3ccncc3)cc2s1. The number of rotatable bonds is 8. The molecule has 0 aliphatic heterocycles. The van der Waals surface area contributed by atoms with E-state index < -0.39 is 0 Å². The maximum Gasteiger partial charge on any atom is 0.267 e. The van der Waals surface area contributed by atoms with Crippen molar-refractivity contribution in [1.82, 2.24) is 15.0 Å². The average molecular weight is 440 g/mol. The molecule has 4 aromatic heterocycles. The summed E-state index contributed by atoms with van der Waals surface area (Å²) in [5.74, 6) is 0.690. The van der Waals surface area contributed by atoms with Crippen molar-refractivity contribution >= 4 is 49.1 Å². The van der Waals surface area contributed by atoms with Crippen LogP contribution < -0.4 is 15.0 Å². The van der Waals surface area contributed by atoms with Crippen LogP contribution in [0.4, 0.5) is 10.9 Å². The van der Waals surface area contributed by atoms with E-state index in [1.54, 1.807) is 42.1 Å². The van der Waals surface area contributed by atoms with Crippen LogP contribution in [0.15, 0.2) is 48.9 Å². The van der Waals surface area contributed by atoms with Crippen molar-refractivity contribution < 1.29 is 9.53 Å². The highest BCUT2D eigenvalue weighted by atomic mass is 32.1. The molecule has 0 unspecified atom stereocenters. The van der Waals surface area contributed by atoms with E-state index in [1.165, 1.54) is 11.3 Å². The zero-order valence-corrected chi connectivity index (χ0v) is 18.3. The molecule has 1 amide bonds. The second-order valence-electron chi connectivity index (χ2n) is 6.40. The molecule has 9 heteroatoms. The first-order chi connectivity index (χ1) is 14.7. The Morgan fingerprint density at radius 3 is 2.67 bits per heavy atom. The molecule has 0 atom stereocenters. The van der Waals surface area contributed by atoms with Gasteiger partial charge in [0, 0.05) is 31.7 Å². The second kappa shape index (κ2) is 9.19. The molecule has 4 rings (SSSR count). The van der Waals surface area contributed by atoms with E-state index in [0.717, 1.165) is 33.3 Å². The number of nitrogens with one attached hydrogen (secondary N) is 1. The van der Waals surface area contributed by atoms with Crippen molar-refractivity contribution in [3.8, 4) is 5.75 Å². The van der Waals surface area contributed by atoms with E-state index in [4.69, 9.17) is 4.74 Å². The monoisotopic (exact) mass is 439 g/mol. The number of thiophene rings is 1. The molecule has 0 radical (unpaired) electrons. The molecule has 1 N–H and O–H groups in total. The lowest BCUT2D eigenvalue weighted by molar-refractivity contribution is 0.102. The van der Waals surface area contributed by atoms with Crippen LogP contribution in [0.5, 0.6) is 5.75 Å². The lowest BCUT2D eigenvalue weighted by atomic mass is 10.3. The number of aromatic nitrogens is 3. The number of nitrogens with zero attached hydrogens (tertiary/aromatic N) is 4. The molecule has 4 aromatic rings. The van der Waals surface area contributed by atoms with Gasteiger partial charge in [0.2, 0.25) is 0 Å². The number of hydrogen-bond donors (Lipinski definition) is 1. The zero-order valence-electron chi connectivity index (χ0n) is 16.7. The molecule has 0 fully saturated rings. The van der Waals surface area contributed by atoms with Gasteiger partial charge in [0.05, 0.1) is 9.58 Å². The summed E-state index contributed by atoms with van der Waals surface area (Å²) < 4.78 is 6.87. The normalized spacial score (nSPS) is 10.9. The van der Waals surface area contributed by atoms with E-state index in [1.807, 2.05) is 18.2 Å². The van der Waals surface area contributed by atoms with Crippen LogP contribution in [-0.4, -0.2) is 33.9 Å². The lowest BCUT2D eigenvalue weighted by Gasteiger charge is -2.16. The Labute approximate surface area is 182 Å². The summed E-state index contributed by atoms with van der Waals surface area (Å²) in [6.45, 7) is 6.40. The van der Waals surface area contributed by atoms with Crippen LogP contribution in [-0.2, 0) is 6.61 Å². The van der Waals surface area contributed by atoms with Crippen LogP contribution >= 0.6 is 22.7 Å². The van der Waals surface area contributed by atoms with E-state index in [2.05, 4.69) is 39.0 Å². The van der Waals surface area contributed by atoms with Crippen LogP contribution in [0.1, 0.15) is 29.1 Å². The molecule has 0 bridgehead atoms. The zero-order chi connectivity index (χ0) is 20.9. The van der Waals surface area contributed by atoms with Gasteiger partial charge in [-0.25, -0.2) is 9.97 Å². The highest BCUT2D eigenvalue weighted by molar-refractivity contribution is 7.29. The van der Waals surface area contributed by atoms with Crippen molar-refractivity contribution in [2.45, 2.75) is 20.5 Å². The second-order valence-corrected chi connectivity index (χ2v) is 8.44. The smallest absolute Gasteiger partial charge is 0.267 e. The molecule has 0 saturated carbocycles. The van der Waals surface area contributed by atoms with Gasteiger partial charge in [-0.2, -0.15) is 0 Å². The number of amides is 1. The summed E-state index contributed by atoms with van der Waals surface area (Å²) in [4.78, 5) is 29.4. The van der Waals surface area contributed by atoms with Gasteiger partial charge in [-0.1, -0.05) is 11.3 Å². The van der Waals surface area contributed by atoms with E-state index in [9.17, 15) is 4.79 Å². The van der Waals surface area contributed by atoms with Gasteiger partial charge < -0.3 is 15.0 Å². The lowest BCUT2D eigenvalue weighted by Crippen LogP contribution is -2.21. The Morgan fingerprint density at radius 1 is 1.13 bits per heavy atom. The largest absolute Gasteiger partial charge is 0.485 e. The van der Waals surface area contributed by atoms with E-state index in [-0.39, 0.29) is 5.91 Å². The maximum absolute atomic E-state index is 12.8. The van der Waals surface area contributed by atoms with Crippen molar-refractivity contribution in [1.29, 1.82) is 0 Å². The third-order valence-corrected chi connectivity index (χ3v) is 6.70. The molecule has 30 heavy (non-hydrogen) atoms. The topological polar surface area (TPSA) is 80.2 Å². The van der Waals surface area contributed by atoms with Crippen molar-refractivity contribution in [2.75, 3.05) is 23.3 Å². The number of ether oxygens (including phenoxy) is 1. The third kappa shape index (κ3) is 4.42. The molecule has 0 aliphatic carbocycles. The van der Waals surface area contributed by atoms with Crippen molar-refractivity contribution in [2.24, 2.45) is 0 Å². The highest BCUT2D eigenvalue weighted by Crippen LogP contribution is 2.35. The molecule has 4 heterocycles. The first-order valence-electron chi connectivity index (χ1n) is 9.61. The molecule has 154 valence electrons. The molecular formula is C21H21N5O2S2. The molecule has 0 aromatic carbocycles. The molecule has 0 spiro atoms. The van der Waals surface area contributed by atoms with Crippen LogP contribution in [0.3, 0.4) is 0 Å². The van der Waals surface area contributed by atoms with Crippen molar-refractivity contribution in [3.05, 3.63) is 59.4 Å². The molecule has 0 saturated heterocycles. The van der Waals surface area contributed by atoms with Crippen molar-refractivity contribution in [3.63, 3.8) is 0 Å². The number of carbonyl (C=O) groups is 1. The summed E-state index contributed by atoms with van der Waals surface area (Å²) in [5, 5.41) is 3.85. The summed E-state index contributed by atoms with van der Waals surface area (Å²) in [5.41, 5.74) is 0.986. The van der Waals surface area contributed by atoms with Gasteiger partial charge in [0.15, 0.2) is 16.7 Å². The first kappa shape index (κ1) is 20.2. The molecule has 0 aliphatic rings. The quantitative estimate of drug-likeness (QED) is 0.424. The first-order valence-corrected chi connectivity index (χ1v) is 11.2. The summed E-state index contributed by atoms with van der Waals surface area (Å²) in [7, 11) is 0. The minimum Gasteiger partial charge on any atom is -0.485 e. The number of hydrogen-bond acceptors (Lipinski definition) is 8. The predicted molar refractivity (Wildman–Crippen MR) is 122 cm³/mol. The average Bonchev–Trinajstić information content (AvgIpc) is 3.34. The number of anilines is 2. The van der Waals surface area contributed by atoms with Crippen LogP contribution in [0.2, 0.25) is 0 Å². The van der Waals surface area contributed by atoms with Gasteiger partial charge in [0.25, 0.3) is 5.91 Å². The van der Waals surface area contributed by atoms with Gasteiger partial charge in [-0.3, -0.25) is 9.78 Å². The number of carbonyl (C=O) groups excluding carboxylic acids is 1. The minimum absolute atomic E-state index is 0.220. The third-order valence-electron chi connectivity index (χ3n) is 4.48. The standard InChI is InChI=1S/C21H21N5O2S2/c1-3-26(4-2)21-25-20-17(30-21)12-16(29-20)19(27)24-18-15(6-5-9-23-18)28-13-14-7-10-22-11-8-14/h5-12H,3-4,13H2,1-2H3,(H,23,24,27). The maximum atomic E-state index is 12.8. The summed E-state index contributed by atoms with van der Waals surface area (Å²) >= 11 is 2.99. The summed E-state index contributed by atoms with van der Waals surface area (Å²) in [6.07, 6.45) is 5.05. The van der Waals surface area contributed by atoms with Gasteiger partial charge in [-0.05, 0) is 49.7 Å². The highest BCUT2D eigenvalue weighted by Gasteiger charge is 2.17. The van der Waals surface area contributed by atoms with E-state index in [0.29, 0.717) is 23.1 Å². The Hall–Kier alpha value is -3.04. The number of pyridine rings is 2. The Morgan fingerprint density at radius 2 is 1.93 bits per heavy atom. The Bertz CT molecular complexity index is 1110. The molecule has 7 nitrogen and oxygen atoms in total. The minimum atomic E-state index is -0.220. The summed E-state index contributed by atoms with van der Waals surface area (Å²) in [6, 6.07) is 9.21. The number of thiazole rings is 1. The van der Waals surface area contributed by atoms with Gasteiger partial charge >= 0.3 is 0 Å². The predicted octanol–water partition coefficient (Wildman–Crippen LogP) is 4.83. The molecular weight excluding hydrogens is 418 g/mol. The fourth-order valence-corrected chi connectivity index (χ4v) is 5.11. The number of fused-ring (bicyclic) bond motifs is 1. The fraction of sp³-hybridized carbons (Fsp3) is 0.238. The Kier molecular flexibility index (Phi) is 6.20.